The fourth-order valence-electron chi connectivity index (χ4n) is 3.02. The van der Waals surface area contributed by atoms with Crippen LogP contribution in [-0.4, -0.2) is 36.0 Å². The quantitative estimate of drug-likeness (QED) is 0.593. The summed E-state index contributed by atoms with van der Waals surface area (Å²) in [5.74, 6) is 0.974. The van der Waals surface area contributed by atoms with Crippen molar-refractivity contribution in [3.05, 3.63) is 52.1 Å². The Bertz CT molecular complexity index is 985. The van der Waals surface area contributed by atoms with Crippen LogP contribution in [0, 0.1) is 0 Å². The molecule has 1 saturated heterocycles. The van der Waals surface area contributed by atoms with Gasteiger partial charge in [0.15, 0.2) is 0 Å². The van der Waals surface area contributed by atoms with Crippen molar-refractivity contribution >= 4 is 37.3 Å². The summed E-state index contributed by atoms with van der Waals surface area (Å²) in [6.45, 7) is 0.852. The molecule has 0 unspecified atom stereocenters. The third-order valence-corrected chi connectivity index (χ3v) is 7.64. The summed E-state index contributed by atoms with van der Waals surface area (Å²) < 4.78 is 33.6. The van der Waals surface area contributed by atoms with E-state index in [9.17, 15) is 8.42 Å². The molecule has 1 aliphatic heterocycles. The van der Waals surface area contributed by atoms with Crippen LogP contribution >= 0.6 is 27.3 Å². The van der Waals surface area contributed by atoms with Gasteiger partial charge in [0.1, 0.15) is 0 Å². The Morgan fingerprint density at radius 3 is 2.77 bits per heavy atom. The molecule has 6 nitrogen and oxygen atoms in total. The summed E-state index contributed by atoms with van der Waals surface area (Å²) in [5, 5.41) is 6.00. The van der Waals surface area contributed by atoms with Crippen molar-refractivity contribution in [1.29, 1.82) is 0 Å². The zero-order chi connectivity index (χ0) is 18.1. The standard InChI is InChI=1S/C17H16BrN3O3S2/c18-13-5-7-14(8-6-13)26(22,23)21-9-1-3-12(11-21)17-19-16(20-24-17)15-4-2-10-25-15/h2,4-8,10,12H,1,3,9,11H2/t12-/m0/s1. The van der Waals surface area contributed by atoms with E-state index in [0.29, 0.717) is 29.7 Å². The summed E-state index contributed by atoms with van der Waals surface area (Å²) in [6, 6.07) is 10.6. The van der Waals surface area contributed by atoms with Crippen molar-refractivity contribution in [1.82, 2.24) is 14.4 Å². The second-order valence-corrected chi connectivity index (χ2v) is 9.89. The number of halogens is 1. The molecule has 0 bridgehead atoms. The summed E-state index contributed by atoms with van der Waals surface area (Å²) in [5.41, 5.74) is 0. The van der Waals surface area contributed by atoms with Gasteiger partial charge in [-0.05, 0) is 48.6 Å². The van der Waals surface area contributed by atoms with Crippen LogP contribution in [0.25, 0.3) is 10.7 Å². The Morgan fingerprint density at radius 1 is 1.23 bits per heavy atom. The predicted molar refractivity (Wildman–Crippen MR) is 102 cm³/mol. The lowest BCUT2D eigenvalue weighted by Gasteiger charge is -2.30. The van der Waals surface area contributed by atoms with Gasteiger partial charge in [0, 0.05) is 17.6 Å². The van der Waals surface area contributed by atoms with E-state index in [-0.39, 0.29) is 5.92 Å². The molecule has 4 rings (SSSR count). The lowest BCUT2D eigenvalue weighted by molar-refractivity contribution is 0.265. The van der Waals surface area contributed by atoms with Gasteiger partial charge in [-0.25, -0.2) is 8.42 Å². The summed E-state index contributed by atoms with van der Waals surface area (Å²) in [4.78, 5) is 5.72. The average Bonchev–Trinajstić information content (AvgIpc) is 3.34. The van der Waals surface area contributed by atoms with Crippen LogP contribution in [-0.2, 0) is 10.0 Å². The number of rotatable bonds is 4. The van der Waals surface area contributed by atoms with E-state index in [0.717, 1.165) is 22.2 Å². The first-order valence-electron chi connectivity index (χ1n) is 8.17. The molecule has 2 aromatic heterocycles. The van der Waals surface area contributed by atoms with Crippen LogP contribution in [0.2, 0.25) is 0 Å². The molecule has 0 radical (unpaired) electrons. The van der Waals surface area contributed by atoms with Gasteiger partial charge >= 0.3 is 0 Å². The molecule has 0 N–H and O–H groups in total. The molecular weight excluding hydrogens is 438 g/mol. The fourth-order valence-corrected chi connectivity index (χ4v) is 5.46. The molecule has 1 atom stereocenters. The minimum Gasteiger partial charge on any atom is -0.339 e. The summed E-state index contributed by atoms with van der Waals surface area (Å²) in [7, 11) is -3.53. The fraction of sp³-hybridized carbons (Fsp3) is 0.294. The number of thiophene rings is 1. The molecule has 0 amide bonds. The molecule has 136 valence electrons. The molecule has 1 aliphatic rings. The Morgan fingerprint density at radius 2 is 2.04 bits per heavy atom. The highest BCUT2D eigenvalue weighted by Gasteiger charge is 2.33. The van der Waals surface area contributed by atoms with Crippen molar-refractivity contribution in [2.24, 2.45) is 0 Å². The van der Waals surface area contributed by atoms with E-state index in [4.69, 9.17) is 4.52 Å². The number of aromatic nitrogens is 2. The smallest absolute Gasteiger partial charge is 0.243 e. The summed E-state index contributed by atoms with van der Waals surface area (Å²) >= 11 is 4.88. The molecule has 26 heavy (non-hydrogen) atoms. The summed E-state index contributed by atoms with van der Waals surface area (Å²) in [6.07, 6.45) is 1.59. The van der Waals surface area contributed by atoms with Crippen LogP contribution in [0.5, 0.6) is 0 Å². The minimum absolute atomic E-state index is 0.0878. The number of sulfonamides is 1. The van der Waals surface area contributed by atoms with E-state index in [1.54, 1.807) is 35.6 Å². The number of piperidine rings is 1. The maximum Gasteiger partial charge on any atom is 0.243 e. The van der Waals surface area contributed by atoms with Gasteiger partial charge in [0.25, 0.3) is 0 Å². The van der Waals surface area contributed by atoms with Gasteiger partial charge in [-0.3, -0.25) is 0 Å². The predicted octanol–water partition coefficient (Wildman–Crippen LogP) is 4.13. The van der Waals surface area contributed by atoms with Gasteiger partial charge in [0.05, 0.1) is 15.7 Å². The number of hydrogen-bond donors (Lipinski definition) is 0. The third kappa shape index (κ3) is 3.48. The number of nitrogens with zero attached hydrogens (tertiary/aromatic N) is 3. The Balaban J connectivity index is 1.55. The zero-order valence-corrected chi connectivity index (χ0v) is 16.9. The van der Waals surface area contributed by atoms with Crippen LogP contribution in [0.15, 0.2) is 55.7 Å². The topological polar surface area (TPSA) is 76.3 Å². The number of benzene rings is 1. The third-order valence-electron chi connectivity index (χ3n) is 4.37. The first-order valence-corrected chi connectivity index (χ1v) is 11.3. The normalized spacial score (nSPS) is 18.9. The van der Waals surface area contributed by atoms with Gasteiger partial charge in [-0.15, -0.1) is 11.3 Å². The van der Waals surface area contributed by atoms with E-state index in [2.05, 4.69) is 26.1 Å². The SMILES string of the molecule is O=S(=O)(c1ccc(Br)cc1)N1CCC[C@H](c2nc(-c3cccs3)no2)C1. The first kappa shape index (κ1) is 17.8. The van der Waals surface area contributed by atoms with Gasteiger partial charge < -0.3 is 4.52 Å². The molecule has 0 spiro atoms. The molecular formula is C17H16BrN3O3S2. The first-order chi connectivity index (χ1) is 12.5. The lowest BCUT2D eigenvalue weighted by atomic mass is 10.00. The second-order valence-electron chi connectivity index (χ2n) is 6.09. The van der Waals surface area contributed by atoms with Crippen LogP contribution in [0.1, 0.15) is 24.7 Å². The highest BCUT2D eigenvalue weighted by Crippen LogP contribution is 2.31. The van der Waals surface area contributed by atoms with Crippen molar-refractivity contribution in [2.75, 3.05) is 13.1 Å². The van der Waals surface area contributed by atoms with E-state index >= 15 is 0 Å². The molecule has 1 fully saturated rings. The molecule has 3 heterocycles. The second kappa shape index (κ2) is 7.22. The van der Waals surface area contributed by atoms with Crippen molar-refractivity contribution in [3.8, 4) is 10.7 Å². The number of hydrogen-bond acceptors (Lipinski definition) is 6. The van der Waals surface area contributed by atoms with Crippen LogP contribution in [0.3, 0.4) is 0 Å². The van der Waals surface area contributed by atoms with Crippen molar-refractivity contribution in [2.45, 2.75) is 23.7 Å². The highest BCUT2D eigenvalue weighted by molar-refractivity contribution is 9.10. The largest absolute Gasteiger partial charge is 0.339 e. The Hall–Kier alpha value is -1.55. The minimum atomic E-state index is -3.53. The Labute approximate surface area is 164 Å². The highest BCUT2D eigenvalue weighted by atomic mass is 79.9. The van der Waals surface area contributed by atoms with E-state index in [1.165, 1.54) is 4.31 Å². The molecule has 1 aromatic carbocycles. The molecule has 3 aromatic rings. The van der Waals surface area contributed by atoms with Gasteiger partial charge in [-0.2, -0.15) is 9.29 Å². The van der Waals surface area contributed by atoms with Gasteiger partial charge in [-0.1, -0.05) is 27.2 Å². The maximum atomic E-state index is 12.9. The lowest BCUT2D eigenvalue weighted by Crippen LogP contribution is -2.39. The van der Waals surface area contributed by atoms with E-state index in [1.807, 2.05) is 17.5 Å². The van der Waals surface area contributed by atoms with Gasteiger partial charge in [0.2, 0.25) is 21.7 Å². The zero-order valence-electron chi connectivity index (χ0n) is 13.7. The van der Waals surface area contributed by atoms with Crippen molar-refractivity contribution in [3.63, 3.8) is 0 Å². The van der Waals surface area contributed by atoms with Crippen molar-refractivity contribution < 1.29 is 12.9 Å². The monoisotopic (exact) mass is 453 g/mol. The molecule has 0 saturated carbocycles. The molecule has 0 aliphatic carbocycles. The Kier molecular flexibility index (Phi) is 4.96. The van der Waals surface area contributed by atoms with E-state index < -0.39 is 10.0 Å². The average molecular weight is 454 g/mol. The van der Waals surface area contributed by atoms with Crippen LogP contribution < -0.4 is 0 Å². The van der Waals surface area contributed by atoms with Crippen LogP contribution in [0.4, 0.5) is 0 Å². The molecule has 9 heteroatoms. The maximum absolute atomic E-state index is 12.9.